The molecule has 0 saturated heterocycles. The Labute approximate surface area is 221 Å². The zero-order valence-corrected chi connectivity index (χ0v) is 22.1. The smallest absolute Gasteiger partial charge is 0.850 e. The Morgan fingerprint density at radius 3 is 1.76 bits per heavy atom. The van der Waals surface area contributed by atoms with Gasteiger partial charge in [-0.15, -0.1) is 5.60 Å². The molecule has 0 unspecified atom stereocenters. The zero-order chi connectivity index (χ0) is 22.0. The number of hydrogen-bond donors (Lipinski definition) is 3. The van der Waals surface area contributed by atoms with Crippen LogP contribution >= 0.6 is 11.6 Å². The minimum Gasteiger partial charge on any atom is -0.850 e. The van der Waals surface area contributed by atoms with Gasteiger partial charge in [0.15, 0.2) is 0 Å². The second-order valence-electron chi connectivity index (χ2n) is 6.23. The van der Waals surface area contributed by atoms with Gasteiger partial charge in [0.2, 0.25) is 5.88 Å². The summed E-state index contributed by atoms with van der Waals surface area (Å²) in [5.41, 5.74) is 9.87. The first-order valence-corrected chi connectivity index (χ1v) is 9.15. The molecule has 0 fully saturated rings. The predicted molar refractivity (Wildman–Crippen MR) is 111 cm³/mol. The molecule has 29 heavy (non-hydrogen) atoms. The molecule has 2 aromatic heterocycles. The minimum atomic E-state index is -0.750. The number of aliphatic hydroxyl groups is 1. The fourth-order valence-corrected chi connectivity index (χ4v) is 1.14. The van der Waals surface area contributed by atoms with Crippen LogP contribution in [0.15, 0.2) is 24.8 Å². The zero-order valence-electron chi connectivity index (χ0n) is 18.2. The summed E-state index contributed by atoms with van der Waals surface area (Å²) in [6, 6.07) is 3.09. The van der Waals surface area contributed by atoms with Crippen molar-refractivity contribution in [2.45, 2.75) is 53.1 Å². The standard InChI is InChI=1S/C7H11N3O.C4H4ClN3.C4H9O.C3H8O.K/c1-2-3-11-7-4-6(8)9-5-10-7;5-3-1-4(6)8-2-7-3;1-4(2,3)5;1-2-3-4;/h4-5H,2-3H2,1H3,(H2,8,9,10);1-2H,(H2,6,7,8);1-3H3;4H,2-3H2,1H3;/q;;-1;;+1. The van der Waals surface area contributed by atoms with Crippen molar-refractivity contribution in [1.29, 1.82) is 0 Å². The average Bonchev–Trinajstić information content (AvgIpc) is 2.59. The number of halogens is 1. The van der Waals surface area contributed by atoms with E-state index in [1.54, 1.807) is 26.8 Å². The number of nitrogen functional groups attached to an aromatic ring is 2. The molecule has 11 heteroatoms. The molecule has 0 aliphatic rings. The monoisotopic (exact) mass is 454 g/mol. The number of aliphatic hydroxyl groups excluding tert-OH is 1. The van der Waals surface area contributed by atoms with Gasteiger partial charge in [0.05, 0.1) is 6.61 Å². The van der Waals surface area contributed by atoms with Crippen LogP contribution in [0.5, 0.6) is 5.88 Å². The first-order valence-electron chi connectivity index (χ1n) is 8.78. The number of aromatic nitrogens is 4. The Balaban J connectivity index is -0.000000332. The van der Waals surface area contributed by atoms with Crippen molar-refractivity contribution in [3.05, 3.63) is 29.9 Å². The van der Waals surface area contributed by atoms with Crippen LogP contribution in [0.2, 0.25) is 5.15 Å². The van der Waals surface area contributed by atoms with E-state index in [-0.39, 0.29) is 51.4 Å². The second-order valence-corrected chi connectivity index (χ2v) is 6.62. The minimum absolute atomic E-state index is 0. The van der Waals surface area contributed by atoms with Gasteiger partial charge in [-0.1, -0.05) is 46.2 Å². The van der Waals surface area contributed by atoms with E-state index in [0.717, 1.165) is 12.8 Å². The Kier molecular flexibility index (Phi) is 23.6. The molecule has 160 valence electrons. The summed E-state index contributed by atoms with van der Waals surface area (Å²) in [7, 11) is 0. The van der Waals surface area contributed by atoms with Crippen LogP contribution in [0.1, 0.15) is 47.5 Å². The van der Waals surface area contributed by atoms with Crippen molar-refractivity contribution in [2.75, 3.05) is 24.7 Å². The predicted octanol–water partition coefficient (Wildman–Crippen LogP) is -0.902. The molecular weight excluding hydrogens is 423 g/mol. The molecule has 0 bridgehead atoms. The van der Waals surface area contributed by atoms with Gasteiger partial charge in [-0.05, 0) is 12.8 Å². The van der Waals surface area contributed by atoms with Crippen molar-refractivity contribution in [3.63, 3.8) is 0 Å². The molecule has 2 rings (SSSR count). The normalized spacial score (nSPS) is 9.24. The van der Waals surface area contributed by atoms with Gasteiger partial charge in [0.1, 0.15) is 29.4 Å². The third kappa shape index (κ3) is 29.7. The molecule has 0 saturated carbocycles. The molecule has 0 aliphatic carbocycles. The Morgan fingerprint density at radius 1 is 1.00 bits per heavy atom. The van der Waals surface area contributed by atoms with Gasteiger partial charge in [-0.25, -0.2) is 19.9 Å². The molecular formula is C18H32ClKN6O3. The molecule has 5 N–H and O–H groups in total. The third-order valence-corrected chi connectivity index (χ3v) is 2.20. The fourth-order valence-electron chi connectivity index (χ4n) is 0.986. The van der Waals surface area contributed by atoms with Crippen LogP contribution in [0, 0.1) is 0 Å². The summed E-state index contributed by atoms with van der Waals surface area (Å²) in [4.78, 5) is 14.8. The molecule has 2 aromatic rings. The molecule has 0 amide bonds. The Bertz CT molecular complexity index is 607. The topological polar surface area (TPSA) is 156 Å². The van der Waals surface area contributed by atoms with E-state index in [4.69, 9.17) is 32.9 Å². The molecule has 0 atom stereocenters. The second kappa shape index (κ2) is 20.7. The first-order chi connectivity index (χ1) is 13.0. The van der Waals surface area contributed by atoms with E-state index in [1.165, 1.54) is 18.7 Å². The molecule has 2 heterocycles. The number of rotatable bonds is 4. The van der Waals surface area contributed by atoms with Gasteiger partial charge in [0.25, 0.3) is 0 Å². The molecule has 0 spiro atoms. The van der Waals surface area contributed by atoms with Gasteiger partial charge in [-0.2, -0.15) is 0 Å². The van der Waals surface area contributed by atoms with Crippen molar-refractivity contribution in [3.8, 4) is 5.88 Å². The van der Waals surface area contributed by atoms with Crippen LogP contribution in [-0.2, 0) is 0 Å². The van der Waals surface area contributed by atoms with Crippen LogP contribution in [0.3, 0.4) is 0 Å². The summed E-state index contributed by atoms with van der Waals surface area (Å²) in [6.07, 6.45) is 4.54. The number of nitrogens with two attached hydrogens (primary N) is 2. The maximum Gasteiger partial charge on any atom is 1.00 e. The van der Waals surface area contributed by atoms with E-state index < -0.39 is 5.60 Å². The SMILES string of the molecule is CC(C)(C)[O-].CCCO.CCCOc1cc(N)ncn1.Nc1cc(Cl)ncn1.[K+]. The Morgan fingerprint density at radius 2 is 1.45 bits per heavy atom. The van der Waals surface area contributed by atoms with Crippen molar-refractivity contribution in [1.82, 2.24) is 19.9 Å². The quantitative estimate of drug-likeness (QED) is 0.393. The van der Waals surface area contributed by atoms with E-state index in [2.05, 4.69) is 19.9 Å². The van der Waals surface area contributed by atoms with Crippen LogP contribution in [0.25, 0.3) is 0 Å². The third-order valence-electron chi connectivity index (χ3n) is 2.00. The number of nitrogens with zero attached hydrogens (tertiary/aromatic N) is 4. The van der Waals surface area contributed by atoms with Gasteiger partial charge < -0.3 is 26.4 Å². The molecule has 0 aromatic carbocycles. The average molecular weight is 455 g/mol. The van der Waals surface area contributed by atoms with Crippen molar-refractivity contribution in [2.24, 2.45) is 0 Å². The summed E-state index contributed by atoms with van der Waals surface area (Å²) >= 11 is 5.41. The summed E-state index contributed by atoms with van der Waals surface area (Å²) < 4.78 is 5.20. The van der Waals surface area contributed by atoms with Crippen molar-refractivity contribution < 1.29 is 66.3 Å². The van der Waals surface area contributed by atoms with Gasteiger partial charge in [-0.3, -0.25) is 0 Å². The van der Waals surface area contributed by atoms with E-state index in [1.807, 2.05) is 13.8 Å². The Hall–Kier alpha value is -0.594. The summed E-state index contributed by atoms with van der Waals surface area (Å²) in [5.74, 6) is 1.37. The van der Waals surface area contributed by atoms with E-state index >= 15 is 0 Å². The van der Waals surface area contributed by atoms with Gasteiger partial charge in [0, 0.05) is 18.7 Å². The maximum atomic E-state index is 10.1. The van der Waals surface area contributed by atoms with Crippen LogP contribution in [0.4, 0.5) is 11.6 Å². The molecule has 0 aliphatic heterocycles. The van der Waals surface area contributed by atoms with Crippen molar-refractivity contribution >= 4 is 23.2 Å². The first kappa shape index (κ1) is 33.1. The van der Waals surface area contributed by atoms with Gasteiger partial charge >= 0.3 is 51.4 Å². The fraction of sp³-hybridized carbons (Fsp3) is 0.556. The largest absolute Gasteiger partial charge is 1.00 e. The van der Waals surface area contributed by atoms with E-state index in [9.17, 15) is 5.11 Å². The number of ether oxygens (including phenoxy) is 1. The van der Waals surface area contributed by atoms with Crippen LogP contribution in [-0.4, -0.2) is 43.9 Å². The number of hydrogen-bond acceptors (Lipinski definition) is 9. The summed E-state index contributed by atoms with van der Waals surface area (Å²) in [6.45, 7) is 9.84. The van der Waals surface area contributed by atoms with E-state index in [0.29, 0.717) is 35.9 Å². The summed E-state index contributed by atoms with van der Waals surface area (Å²) in [5, 5.41) is 18.4. The molecule has 9 nitrogen and oxygen atoms in total. The molecule has 0 radical (unpaired) electrons. The van der Waals surface area contributed by atoms with Crippen LogP contribution < -0.4 is 72.7 Å². The maximum absolute atomic E-state index is 10.1. The number of anilines is 2.